The molecule has 0 fully saturated rings. The number of anilines is 2. The molecule has 0 unspecified atom stereocenters. The number of carbonyl (C=O) groups excluding carboxylic acids is 1. The molecule has 0 saturated heterocycles. The van der Waals surface area contributed by atoms with Crippen molar-refractivity contribution in [1.82, 2.24) is 9.97 Å². The standard InChI is InChI=1S/C27H22N4OS/c32-27(21-9-5-2-6-10-21)31-22-13-11-19(12-14-22)15-16-28-26-25-23(29-18-30-26)17-24(33-25)20-7-3-1-4-8-20/h1-14,17-18H,15-16H2,(H,31,32)(H,28,29,30). The van der Waals surface area contributed by atoms with E-state index in [0.717, 1.165) is 34.7 Å². The summed E-state index contributed by atoms with van der Waals surface area (Å²) in [5.41, 5.74) is 4.75. The first-order chi connectivity index (χ1) is 16.3. The van der Waals surface area contributed by atoms with E-state index in [1.807, 2.05) is 60.7 Å². The second-order valence-corrected chi connectivity index (χ2v) is 8.66. The first kappa shape index (κ1) is 20.8. The molecule has 5 aromatic rings. The van der Waals surface area contributed by atoms with E-state index in [1.54, 1.807) is 29.8 Å². The molecule has 0 aliphatic carbocycles. The maximum Gasteiger partial charge on any atom is 0.255 e. The normalized spacial score (nSPS) is 10.8. The predicted octanol–water partition coefficient (Wildman–Crippen LogP) is 6.27. The predicted molar refractivity (Wildman–Crippen MR) is 136 cm³/mol. The van der Waals surface area contributed by atoms with Crippen LogP contribution in [0.2, 0.25) is 0 Å². The van der Waals surface area contributed by atoms with Gasteiger partial charge in [0.2, 0.25) is 0 Å². The zero-order valence-electron chi connectivity index (χ0n) is 17.9. The third kappa shape index (κ3) is 4.91. The highest BCUT2D eigenvalue weighted by Gasteiger charge is 2.10. The van der Waals surface area contributed by atoms with Crippen LogP contribution >= 0.6 is 11.3 Å². The van der Waals surface area contributed by atoms with Gasteiger partial charge in [0.1, 0.15) is 12.1 Å². The van der Waals surface area contributed by atoms with Crippen molar-refractivity contribution in [3.63, 3.8) is 0 Å². The van der Waals surface area contributed by atoms with E-state index in [-0.39, 0.29) is 5.91 Å². The number of hydrogen-bond acceptors (Lipinski definition) is 5. The summed E-state index contributed by atoms with van der Waals surface area (Å²) in [4.78, 5) is 22.4. The molecule has 0 radical (unpaired) electrons. The number of nitrogens with one attached hydrogen (secondary N) is 2. The largest absolute Gasteiger partial charge is 0.368 e. The number of hydrogen-bond donors (Lipinski definition) is 2. The van der Waals surface area contributed by atoms with Gasteiger partial charge in [-0.3, -0.25) is 4.79 Å². The molecule has 0 aliphatic heterocycles. The van der Waals surface area contributed by atoms with Crippen LogP contribution in [0, 0.1) is 0 Å². The van der Waals surface area contributed by atoms with E-state index in [2.05, 4.69) is 38.8 Å². The van der Waals surface area contributed by atoms with Crippen molar-refractivity contribution in [1.29, 1.82) is 0 Å². The number of rotatable bonds is 7. The average molecular weight is 451 g/mol. The van der Waals surface area contributed by atoms with E-state index in [9.17, 15) is 4.79 Å². The maximum atomic E-state index is 12.3. The van der Waals surface area contributed by atoms with Crippen molar-refractivity contribution >= 4 is 39.0 Å². The van der Waals surface area contributed by atoms with Crippen molar-refractivity contribution < 1.29 is 4.79 Å². The Labute approximate surface area is 196 Å². The minimum atomic E-state index is -0.108. The molecule has 1 amide bonds. The van der Waals surface area contributed by atoms with Gasteiger partial charge in [-0.15, -0.1) is 11.3 Å². The Morgan fingerprint density at radius 3 is 2.33 bits per heavy atom. The van der Waals surface area contributed by atoms with Crippen molar-refractivity contribution in [3.8, 4) is 10.4 Å². The third-order valence-electron chi connectivity index (χ3n) is 5.32. The number of fused-ring (bicyclic) bond motifs is 1. The van der Waals surface area contributed by atoms with Crippen LogP contribution < -0.4 is 10.6 Å². The van der Waals surface area contributed by atoms with Crippen molar-refractivity contribution in [3.05, 3.63) is 108 Å². The Kier molecular flexibility index (Phi) is 6.08. The van der Waals surface area contributed by atoms with Gasteiger partial charge >= 0.3 is 0 Å². The summed E-state index contributed by atoms with van der Waals surface area (Å²) in [6.07, 6.45) is 2.45. The minimum Gasteiger partial charge on any atom is -0.368 e. The quantitative estimate of drug-likeness (QED) is 0.307. The Morgan fingerprint density at radius 2 is 1.58 bits per heavy atom. The van der Waals surface area contributed by atoms with Crippen LogP contribution in [0.15, 0.2) is 97.3 Å². The number of amides is 1. The van der Waals surface area contributed by atoms with Gasteiger partial charge < -0.3 is 10.6 Å². The molecule has 0 bridgehead atoms. The van der Waals surface area contributed by atoms with Crippen LogP contribution in [0.4, 0.5) is 11.5 Å². The Bertz CT molecular complexity index is 1370. The molecular weight excluding hydrogens is 428 g/mol. The second-order valence-electron chi connectivity index (χ2n) is 7.61. The van der Waals surface area contributed by atoms with Gasteiger partial charge in [0.15, 0.2) is 0 Å². The Morgan fingerprint density at radius 1 is 0.848 bits per heavy atom. The van der Waals surface area contributed by atoms with Crippen LogP contribution in [-0.4, -0.2) is 22.4 Å². The summed E-state index contributed by atoms with van der Waals surface area (Å²) in [5.74, 6) is 0.752. The van der Waals surface area contributed by atoms with Gasteiger partial charge in [0.05, 0.1) is 10.2 Å². The molecule has 33 heavy (non-hydrogen) atoms. The highest BCUT2D eigenvalue weighted by atomic mass is 32.1. The van der Waals surface area contributed by atoms with E-state index < -0.39 is 0 Å². The zero-order chi connectivity index (χ0) is 22.5. The van der Waals surface area contributed by atoms with Gasteiger partial charge in [-0.05, 0) is 47.9 Å². The number of carbonyl (C=O) groups is 1. The third-order valence-corrected chi connectivity index (χ3v) is 6.50. The lowest BCUT2D eigenvalue weighted by Gasteiger charge is -2.08. The van der Waals surface area contributed by atoms with Crippen molar-refractivity contribution in [2.75, 3.05) is 17.2 Å². The molecule has 0 atom stereocenters. The van der Waals surface area contributed by atoms with Crippen LogP contribution in [0.25, 0.3) is 20.7 Å². The molecule has 2 aromatic heterocycles. The lowest BCUT2D eigenvalue weighted by atomic mass is 10.1. The molecule has 3 aromatic carbocycles. The monoisotopic (exact) mass is 450 g/mol. The fraction of sp³-hybridized carbons (Fsp3) is 0.0741. The number of nitrogens with zero attached hydrogens (tertiary/aromatic N) is 2. The fourth-order valence-electron chi connectivity index (χ4n) is 3.60. The molecule has 0 saturated carbocycles. The molecule has 2 N–H and O–H groups in total. The van der Waals surface area contributed by atoms with E-state index in [4.69, 9.17) is 0 Å². The van der Waals surface area contributed by atoms with Crippen LogP contribution in [0.1, 0.15) is 15.9 Å². The highest BCUT2D eigenvalue weighted by Crippen LogP contribution is 2.35. The highest BCUT2D eigenvalue weighted by molar-refractivity contribution is 7.22. The number of benzene rings is 3. The van der Waals surface area contributed by atoms with E-state index in [1.165, 1.54) is 16.0 Å². The maximum absolute atomic E-state index is 12.3. The summed E-state index contributed by atoms with van der Waals surface area (Å²) in [5, 5.41) is 6.39. The molecule has 5 nitrogen and oxygen atoms in total. The molecule has 0 spiro atoms. The van der Waals surface area contributed by atoms with Crippen molar-refractivity contribution in [2.24, 2.45) is 0 Å². The van der Waals surface area contributed by atoms with Crippen LogP contribution in [-0.2, 0) is 6.42 Å². The Balaban J connectivity index is 1.21. The van der Waals surface area contributed by atoms with E-state index >= 15 is 0 Å². The average Bonchev–Trinajstić information content (AvgIpc) is 3.32. The summed E-state index contributed by atoms with van der Waals surface area (Å²) in [6.45, 7) is 0.750. The lowest BCUT2D eigenvalue weighted by molar-refractivity contribution is 0.102. The second kappa shape index (κ2) is 9.63. The summed E-state index contributed by atoms with van der Waals surface area (Å²) in [7, 11) is 0. The van der Waals surface area contributed by atoms with E-state index in [0.29, 0.717) is 5.56 Å². The van der Waals surface area contributed by atoms with Crippen LogP contribution in [0.3, 0.4) is 0 Å². The fourth-order valence-corrected chi connectivity index (χ4v) is 4.68. The van der Waals surface area contributed by atoms with Gasteiger partial charge in [-0.2, -0.15) is 0 Å². The number of aromatic nitrogens is 2. The summed E-state index contributed by atoms with van der Waals surface area (Å²) >= 11 is 1.70. The Hall–Kier alpha value is -4.03. The SMILES string of the molecule is O=C(Nc1ccc(CCNc2ncnc3cc(-c4ccccc4)sc23)cc1)c1ccccc1. The lowest BCUT2D eigenvalue weighted by Crippen LogP contribution is -2.11. The molecule has 2 heterocycles. The number of thiophene rings is 1. The zero-order valence-corrected chi connectivity index (χ0v) is 18.7. The van der Waals surface area contributed by atoms with Gasteiger partial charge in [0, 0.05) is 22.7 Å². The molecular formula is C27H22N4OS. The van der Waals surface area contributed by atoms with Crippen molar-refractivity contribution in [2.45, 2.75) is 6.42 Å². The molecule has 162 valence electrons. The first-order valence-corrected chi connectivity index (χ1v) is 11.6. The minimum absolute atomic E-state index is 0.108. The molecule has 6 heteroatoms. The smallest absolute Gasteiger partial charge is 0.255 e. The first-order valence-electron chi connectivity index (χ1n) is 10.8. The van der Waals surface area contributed by atoms with Gasteiger partial charge in [0.25, 0.3) is 5.91 Å². The molecule has 5 rings (SSSR count). The van der Waals surface area contributed by atoms with Gasteiger partial charge in [-0.1, -0.05) is 60.7 Å². The summed E-state index contributed by atoms with van der Waals surface area (Å²) in [6, 6.07) is 29.6. The topological polar surface area (TPSA) is 66.9 Å². The summed E-state index contributed by atoms with van der Waals surface area (Å²) < 4.78 is 1.07. The van der Waals surface area contributed by atoms with Gasteiger partial charge in [-0.25, -0.2) is 9.97 Å². The van der Waals surface area contributed by atoms with Crippen LogP contribution in [0.5, 0.6) is 0 Å². The molecule has 0 aliphatic rings.